The van der Waals surface area contributed by atoms with Gasteiger partial charge in [-0.1, -0.05) is 0 Å². The predicted molar refractivity (Wildman–Crippen MR) is 82.2 cm³/mol. The van der Waals surface area contributed by atoms with Gasteiger partial charge in [-0.05, 0) is 26.4 Å². The standard InChI is InChI=1S/C12H18F3N5O4S/c1-11(24-10(21)12(13,14)15)9(7-16-19-11)18-25(22,23)17-6-8-4-3-5-20(8)2/h7-8,17,19H,3-6H2,1-2H3/t8-,11-/m0/s1. The van der Waals surface area contributed by atoms with Gasteiger partial charge in [0.15, 0.2) is 0 Å². The van der Waals surface area contributed by atoms with Crippen molar-refractivity contribution in [1.82, 2.24) is 15.0 Å². The van der Waals surface area contributed by atoms with E-state index >= 15 is 0 Å². The maximum atomic E-state index is 12.3. The summed E-state index contributed by atoms with van der Waals surface area (Å²) in [5.74, 6) is -2.49. The molecule has 2 N–H and O–H groups in total. The van der Waals surface area contributed by atoms with Gasteiger partial charge in [-0.3, -0.25) is 5.43 Å². The number of ether oxygens (including phenoxy) is 1. The van der Waals surface area contributed by atoms with E-state index in [9.17, 15) is 26.4 Å². The van der Waals surface area contributed by atoms with Gasteiger partial charge in [0.2, 0.25) is 5.72 Å². The Bertz CT molecular complexity index is 693. The number of likely N-dealkylation sites (tertiary alicyclic amines) is 1. The summed E-state index contributed by atoms with van der Waals surface area (Å²) in [7, 11) is -2.35. The summed E-state index contributed by atoms with van der Waals surface area (Å²) in [6.45, 7) is 1.98. The monoisotopic (exact) mass is 385 g/mol. The van der Waals surface area contributed by atoms with Crippen LogP contribution in [0, 0.1) is 0 Å². The number of carbonyl (C=O) groups excluding carboxylic acids is 1. The van der Waals surface area contributed by atoms with Crippen molar-refractivity contribution in [3.63, 3.8) is 0 Å². The first-order chi connectivity index (χ1) is 11.4. The minimum absolute atomic E-state index is 0.0137. The fourth-order valence-electron chi connectivity index (χ4n) is 2.43. The maximum absolute atomic E-state index is 12.3. The first-order valence-electron chi connectivity index (χ1n) is 7.34. The van der Waals surface area contributed by atoms with Crippen molar-refractivity contribution in [1.29, 1.82) is 0 Å². The van der Waals surface area contributed by atoms with Gasteiger partial charge < -0.3 is 9.64 Å². The number of nitrogens with one attached hydrogen (secondary N) is 2. The first-order valence-corrected chi connectivity index (χ1v) is 8.78. The Morgan fingerprint density at radius 2 is 2.28 bits per heavy atom. The zero-order valence-corrected chi connectivity index (χ0v) is 14.3. The highest BCUT2D eigenvalue weighted by atomic mass is 32.2. The topological polar surface area (TPSA) is 112 Å². The van der Waals surface area contributed by atoms with Crippen LogP contribution in [0.2, 0.25) is 0 Å². The molecule has 2 heterocycles. The van der Waals surface area contributed by atoms with Crippen molar-refractivity contribution in [2.75, 3.05) is 20.1 Å². The highest BCUT2D eigenvalue weighted by molar-refractivity contribution is 7.88. The molecule has 142 valence electrons. The molecule has 0 spiro atoms. The lowest BCUT2D eigenvalue weighted by Crippen LogP contribution is -2.50. The van der Waals surface area contributed by atoms with Gasteiger partial charge in [-0.2, -0.15) is 31.4 Å². The lowest BCUT2D eigenvalue weighted by atomic mass is 10.2. The first kappa shape index (κ1) is 19.6. The normalized spacial score (nSPS) is 29.2. The molecule has 2 aliphatic heterocycles. The van der Waals surface area contributed by atoms with E-state index < -0.39 is 33.8 Å². The van der Waals surface area contributed by atoms with Crippen LogP contribution in [-0.2, 0) is 19.7 Å². The van der Waals surface area contributed by atoms with Gasteiger partial charge in [0.05, 0.1) is 6.21 Å². The molecule has 0 bridgehead atoms. The van der Waals surface area contributed by atoms with Crippen LogP contribution in [-0.4, -0.2) is 69.3 Å². The van der Waals surface area contributed by atoms with E-state index in [0.29, 0.717) is 0 Å². The van der Waals surface area contributed by atoms with E-state index in [4.69, 9.17) is 0 Å². The van der Waals surface area contributed by atoms with Gasteiger partial charge >= 0.3 is 22.4 Å². The Hall–Kier alpha value is -1.73. The van der Waals surface area contributed by atoms with Crippen LogP contribution in [0.1, 0.15) is 19.8 Å². The molecule has 0 aromatic heterocycles. The summed E-state index contributed by atoms with van der Waals surface area (Å²) in [4.78, 5) is 13.0. The Morgan fingerprint density at radius 1 is 1.60 bits per heavy atom. The van der Waals surface area contributed by atoms with Crippen LogP contribution in [0.4, 0.5) is 13.2 Å². The minimum Gasteiger partial charge on any atom is -0.425 e. The summed E-state index contributed by atoms with van der Waals surface area (Å²) in [5, 5.41) is 3.44. The van der Waals surface area contributed by atoms with Gasteiger partial charge in [-0.15, -0.1) is 4.40 Å². The molecule has 1 fully saturated rings. The van der Waals surface area contributed by atoms with Gasteiger partial charge in [0.25, 0.3) is 0 Å². The third-order valence-corrected chi connectivity index (χ3v) is 4.84. The number of carbonyl (C=O) groups is 1. The zero-order chi connectivity index (χ0) is 18.9. The summed E-state index contributed by atoms with van der Waals surface area (Å²) in [6, 6.07) is 0.0137. The van der Waals surface area contributed by atoms with E-state index in [0.717, 1.165) is 32.5 Å². The number of rotatable bonds is 5. The van der Waals surface area contributed by atoms with Crippen LogP contribution >= 0.6 is 0 Å². The summed E-state index contributed by atoms with van der Waals surface area (Å²) < 4.78 is 71.1. The molecule has 2 aliphatic rings. The minimum atomic E-state index is -5.23. The highest BCUT2D eigenvalue weighted by Gasteiger charge is 2.48. The molecule has 0 amide bonds. The molecular weight excluding hydrogens is 367 g/mol. The van der Waals surface area contributed by atoms with E-state index in [1.807, 2.05) is 11.9 Å². The molecule has 2 rings (SSSR count). The fraction of sp³-hybridized carbons (Fsp3) is 0.750. The molecule has 0 aliphatic carbocycles. The third-order valence-electron chi connectivity index (χ3n) is 3.87. The van der Waals surface area contributed by atoms with E-state index in [-0.39, 0.29) is 12.6 Å². The zero-order valence-electron chi connectivity index (χ0n) is 13.5. The van der Waals surface area contributed by atoms with Crippen LogP contribution in [0.25, 0.3) is 0 Å². The van der Waals surface area contributed by atoms with Crippen molar-refractivity contribution in [3.8, 4) is 0 Å². The molecule has 13 heteroatoms. The molecule has 0 saturated carbocycles. The number of hydrogen-bond donors (Lipinski definition) is 2. The number of hydrazone groups is 1. The second-order valence-electron chi connectivity index (χ2n) is 5.87. The van der Waals surface area contributed by atoms with Crippen molar-refractivity contribution in [2.24, 2.45) is 9.50 Å². The second-order valence-corrected chi connectivity index (χ2v) is 7.29. The number of hydrogen-bond acceptors (Lipinski definition) is 7. The number of likely N-dealkylation sites (N-methyl/N-ethyl adjacent to an activating group) is 1. The molecule has 2 atom stereocenters. The van der Waals surface area contributed by atoms with Gasteiger partial charge in [0, 0.05) is 19.5 Å². The van der Waals surface area contributed by atoms with Crippen LogP contribution in [0.15, 0.2) is 9.50 Å². The van der Waals surface area contributed by atoms with Crippen LogP contribution < -0.4 is 10.1 Å². The molecule has 0 aromatic rings. The third kappa shape index (κ3) is 4.89. The average Bonchev–Trinajstić information content (AvgIpc) is 3.02. The van der Waals surface area contributed by atoms with Crippen molar-refractivity contribution >= 4 is 28.1 Å². The Kier molecular flexibility index (Phi) is 5.39. The molecule has 25 heavy (non-hydrogen) atoms. The molecule has 0 aromatic carbocycles. The molecule has 1 saturated heterocycles. The number of alkyl halides is 3. The van der Waals surface area contributed by atoms with Gasteiger partial charge in [0.1, 0.15) is 5.71 Å². The number of esters is 1. The number of nitrogens with zero attached hydrogens (tertiary/aromatic N) is 3. The van der Waals surface area contributed by atoms with E-state index in [1.54, 1.807) is 0 Å². The second kappa shape index (κ2) is 6.88. The fourth-order valence-corrected chi connectivity index (χ4v) is 3.37. The quantitative estimate of drug-likeness (QED) is 0.632. The van der Waals surface area contributed by atoms with E-state index in [1.165, 1.54) is 0 Å². The lowest BCUT2D eigenvalue weighted by molar-refractivity contribution is -0.209. The molecule has 0 radical (unpaired) electrons. The van der Waals surface area contributed by atoms with Gasteiger partial charge in [-0.25, -0.2) is 4.79 Å². The van der Waals surface area contributed by atoms with Crippen molar-refractivity contribution in [2.45, 2.75) is 37.7 Å². The number of halogens is 3. The summed E-state index contributed by atoms with van der Waals surface area (Å²) in [6.07, 6.45) is -2.59. The molecular formula is C12H18F3N5O4S. The van der Waals surface area contributed by atoms with Crippen molar-refractivity contribution < 1.29 is 31.1 Å². The predicted octanol–water partition coefficient (Wildman–Crippen LogP) is -0.233. The Balaban J connectivity index is 2.08. The largest absolute Gasteiger partial charge is 0.491 e. The Morgan fingerprint density at radius 3 is 2.84 bits per heavy atom. The lowest BCUT2D eigenvalue weighted by Gasteiger charge is -2.25. The molecule has 0 unspecified atom stereocenters. The molecule has 9 nitrogen and oxygen atoms in total. The average molecular weight is 385 g/mol. The SMILES string of the molecule is CN1CCC[C@H]1CNS(=O)(=O)N=C1C=NN[C@@]1(C)OC(=O)C(F)(F)F. The van der Waals surface area contributed by atoms with Crippen molar-refractivity contribution in [3.05, 3.63) is 0 Å². The van der Waals surface area contributed by atoms with Crippen LogP contribution in [0.5, 0.6) is 0 Å². The summed E-state index contributed by atoms with van der Waals surface area (Å²) >= 11 is 0. The Labute approximate surface area is 142 Å². The highest BCUT2D eigenvalue weighted by Crippen LogP contribution is 2.23. The van der Waals surface area contributed by atoms with Crippen LogP contribution in [0.3, 0.4) is 0 Å². The van der Waals surface area contributed by atoms with E-state index in [2.05, 4.69) is 24.4 Å². The summed E-state index contributed by atoms with van der Waals surface area (Å²) in [5.41, 5.74) is -0.500. The smallest absolute Gasteiger partial charge is 0.425 e. The maximum Gasteiger partial charge on any atom is 0.491 e.